The molecule has 2 rings (SSSR count). The molecule has 0 saturated carbocycles. The summed E-state index contributed by atoms with van der Waals surface area (Å²) < 4.78 is 6.48. The van der Waals surface area contributed by atoms with Crippen molar-refractivity contribution in [3.05, 3.63) is 29.7 Å². The molecule has 0 fully saturated rings. The monoisotopic (exact) mass is 332 g/mol. The predicted octanol–water partition coefficient (Wildman–Crippen LogP) is 2.84. The number of nitrogens with one attached hydrogen (secondary N) is 1. The molecule has 0 aromatic carbocycles. The van der Waals surface area contributed by atoms with Gasteiger partial charge in [-0.1, -0.05) is 0 Å². The molecule has 0 aliphatic rings. The fourth-order valence-corrected chi connectivity index (χ4v) is 2.14. The Bertz CT molecular complexity index is 790. The molecule has 2 N–H and O–H groups in total. The lowest BCUT2D eigenvalue weighted by atomic mass is 10.1. The van der Waals surface area contributed by atoms with Crippen molar-refractivity contribution in [2.45, 2.75) is 33.3 Å². The number of ether oxygens (including phenoxy) is 1. The SMILES string of the molecule is Cc1nc(-c2cnn(C)c2C(=O)O)ccc1NC(=O)OC(C)(C)C. The molecule has 0 aliphatic carbocycles. The number of hydrogen-bond donors (Lipinski definition) is 2. The van der Waals surface area contributed by atoms with E-state index in [0.717, 1.165) is 0 Å². The van der Waals surface area contributed by atoms with Crippen LogP contribution in [0.4, 0.5) is 10.5 Å². The summed E-state index contributed by atoms with van der Waals surface area (Å²) in [6.45, 7) is 7.04. The minimum atomic E-state index is -1.08. The number of carboxylic acids is 1. The molecule has 0 atom stereocenters. The Morgan fingerprint density at radius 1 is 1.29 bits per heavy atom. The Labute approximate surface area is 139 Å². The van der Waals surface area contributed by atoms with Crippen LogP contribution in [0.2, 0.25) is 0 Å². The lowest BCUT2D eigenvalue weighted by Gasteiger charge is -2.20. The first-order chi connectivity index (χ1) is 11.1. The standard InChI is InChI=1S/C16H20N4O4/c1-9-11(19-15(23)24-16(2,3)4)6-7-12(18-9)10-8-17-20(5)13(10)14(21)22/h6-8H,1-5H3,(H,19,23)(H,21,22). The second-order valence-corrected chi connectivity index (χ2v) is 6.29. The molecule has 0 aliphatic heterocycles. The van der Waals surface area contributed by atoms with Crippen LogP contribution in [0, 0.1) is 6.92 Å². The Morgan fingerprint density at radius 2 is 1.96 bits per heavy atom. The number of nitrogens with zero attached hydrogens (tertiary/aromatic N) is 3. The summed E-state index contributed by atoms with van der Waals surface area (Å²) in [5.41, 5.74) is 1.36. The normalized spacial score (nSPS) is 11.2. The summed E-state index contributed by atoms with van der Waals surface area (Å²) in [4.78, 5) is 27.5. The van der Waals surface area contributed by atoms with Crippen LogP contribution in [-0.2, 0) is 11.8 Å². The van der Waals surface area contributed by atoms with Gasteiger partial charge < -0.3 is 9.84 Å². The number of aromatic nitrogens is 3. The van der Waals surface area contributed by atoms with Crippen molar-refractivity contribution in [3.8, 4) is 11.3 Å². The zero-order chi connectivity index (χ0) is 18.1. The summed E-state index contributed by atoms with van der Waals surface area (Å²) in [6.07, 6.45) is 0.874. The van der Waals surface area contributed by atoms with E-state index in [-0.39, 0.29) is 5.69 Å². The molecule has 0 unspecified atom stereocenters. The van der Waals surface area contributed by atoms with Gasteiger partial charge in [0.1, 0.15) is 5.60 Å². The first-order valence-electron chi connectivity index (χ1n) is 7.32. The maximum Gasteiger partial charge on any atom is 0.412 e. The minimum absolute atomic E-state index is 0.0507. The van der Waals surface area contributed by atoms with Crippen LogP contribution in [0.1, 0.15) is 37.0 Å². The zero-order valence-corrected chi connectivity index (χ0v) is 14.2. The molecule has 0 radical (unpaired) electrons. The zero-order valence-electron chi connectivity index (χ0n) is 14.2. The lowest BCUT2D eigenvalue weighted by molar-refractivity contribution is 0.0633. The third-order valence-electron chi connectivity index (χ3n) is 3.14. The average molecular weight is 332 g/mol. The van der Waals surface area contributed by atoms with Gasteiger partial charge in [0, 0.05) is 7.05 Å². The van der Waals surface area contributed by atoms with Crippen LogP contribution >= 0.6 is 0 Å². The molecular weight excluding hydrogens is 312 g/mol. The van der Waals surface area contributed by atoms with Crippen LogP contribution in [0.15, 0.2) is 18.3 Å². The van der Waals surface area contributed by atoms with E-state index in [0.29, 0.717) is 22.6 Å². The number of aryl methyl sites for hydroxylation is 2. The van der Waals surface area contributed by atoms with Crippen molar-refractivity contribution in [2.24, 2.45) is 7.05 Å². The quantitative estimate of drug-likeness (QED) is 0.895. The molecule has 128 valence electrons. The topological polar surface area (TPSA) is 106 Å². The first kappa shape index (κ1) is 17.5. The maximum absolute atomic E-state index is 11.8. The van der Waals surface area contributed by atoms with Gasteiger partial charge in [-0.05, 0) is 39.8 Å². The van der Waals surface area contributed by atoms with Crippen LogP contribution in [0.5, 0.6) is 0 Å². The summed E-state index contributed by atoms with van der Waals surface area (Å²) in [5, 5.41) is 15.9. The van der Waals surface area contributed by atoms with Crippen molar-refractivity contribution in [1.82, 2.24) is 14.8 Å². The highest BCUT2D eigenvalue weighted by Gasteiger charge is 2.20. The number of pyridine rings is 1. The molecular formula is C16H20N4O4. The molecule has 1 amide bonds. The molecule has 24 heavy (non-hydrogen) atoms. The number of hydrogen-bond acceptors (Lipinski definition) is 5. The first-order valence-corrected chi connectivity index (χ1v) is 7.32. The molecule has 0 spiro atoms. The summed E-state index contributed by atoms with van der Waals surface area (Å²) >= 11 is 0. The minimum Gasteiger partial charge on any atom is -0.477 e. The molecule has 2 aromatic heterocycles. The largest absolute Gasteiger partial charge is 0.477 e. The summed E-state index contributed by atoms with van der Waals surface area (Å²) in [7, 11) is 1.55. The van der Waals surface area contributed by atoms with Gasteiger partial charge in [-0.25, -0.2) is 9.59 Å². The second-order valence-electron chi connectivity index (χ2n) is 6.29. The van der Waals surface area contributed by atoms with Crippen molar-refractivity contribution in [1.29, 1.82) is 0 Å². The molecule has 2 aromatic rings. The highest BCUT2D eigenvalue weighted by Crippen LogP contribution is 2.24. The van der Waals surface area contributed by atoms with Gasteiger partial charge >= 0.3 is 12.1 Å². The highest BCUT2D eigenvalue weighted by atomic mass is 16.6. The third kappa shape index (κ3) is 3.89. The highest BCUT2D eigenvalue weighted by molar-refractivity contribution is 5.93. The van der Waals surface area contributed by atoms with E-state index in [1.54, 1.807) is 46.9 Å². The van der Waals surface area contributed by atoms with Crippen LogP contribution < -0.4 is 5.32 Å². The van der Waals surface area contributed by atoms with Gasteiger partial charge in [0.05, 0.1) is 28.8 Å². The van der Waals surface area contributed by atoms with E-state index in [1.165, 1.54) is 10.9 Å². The van der Waals surface area contributed by atoms with E-state index in [4.69, 9.17) is 4.74 Å². The Balaban J connectivity index is 2.28. The second kappa shape index (κ2) is 6.31. The van der Waals surface area contributed by atoms with Crippen LogP contribution in [0.3, 0.4) is 0 Å². The number of carbonyl (C=O) groups is 2. The molecule has 8 heteroatoms. The predicted molar refractivity (Wildman–Crippen MR) is 88.0 cm³/mol. The number of carbonyl (C=O) groups excluding carboxylic acids is 1. The summed E-state index contributed by atoms with van der Waals surface area (Å²) in [5.74, 6) is -1.08. The van der Waals surface area contributed by atoms with E-state index in [1.807, 2.05) is 0 Å². The van der Waals surface area contributed by atoms with E-state index >= 15 is 0 Å². The number of rotatable bonds is 3. The van der Waals surface area contributed by atoms with Crippen molar-refractivity contribution < 1.29 is 19.4 Å². The lowest BCUT2D eigenvalue weighted by Crippen LogP contribution is -2.27. The third-order valence-corrected chi connectivity index (χ3v) is 3.14. The van der Waals surface area contributed by atoms with Gasteiger partial charge in [-0.15, -0.1) is 0 Å². The summed E-state index contributed by atoms with van der Waals surface area (Å²) in [6, 6.07) is 3.28. The fraction of sp³-hybridized carbons (Fsp3) is 0.375. The smallest absolute Gasteiger partial charge is 0.412 e. The Hall–Kier alpha value is -2.90. The van der Waals surface area contributed by atoms with Crippen LogP contribution in [-0.4, -0.2) is 37.5 Å². The van der Waals surface area contributed by atoms with E-state index < -0.39 is 17.7 Å². The molecule has 0 saturated heterocycles. The molecule has 2 heterocycles. The van der Waals surface area contributed by atoms with Crippen molar-refractivity contribution >= 4 is 17.7 Å². The van der Waals surface area contributed by atoms with E-state index in [2.05, 4.69) is 15.4 Å². The number of carboxylic acid groups (broad SMARTS) is 1. The van der Waals surface area contributed by atoms with Gasteiger partial charge in [-0.2, -0.15) is 5.10 Å². The van der Waals surface area contributed by atoms with Crippen molar-refractivity contribution in [2.75, 3.05) is 5.32 Å². The van der Waals surface area contributed by atoms with Gasteiger partial charge in [0.25, 0.3) is 0 Å². The van der Waals surface area contributed by atoms with Crippen LogP contribution in [0.25, 0.3) is 11.3 Å². The molecule has 0 bridgehead atoms. The number of anilines is 1. The Kier molecular flexibility index (Phi) is 4.59. The van der Waals surface area contributed by atoms with Crippen molar-refractivity contribution in [3.63, 3.8) is 0 Å². The van der Waals surface area contributed by atoms with Gasteiger partial charge in [0.2, 0.25) is 0 Å². The average Bonchev–Trinajstić information content (AvgIpc) is 2.81. The van der Waals surface area contributed by atoms with Gasteiger partial charge in [0.15, 0.2) is 5.69 Å². The van der Waals surface area contributed by atoms with Gasteiger partial charge in [-0.3, -0.25) is 15.0 Å². The Morgan fingerprint density at radius 3 is 2.50 bits per heavy atom. The maximum atomic E-state index is 11.8. The fourth-order valence-electron chi connectivity index (χ4n) is 2.14. The van der Waals surface area contributed by atoms with E-state index in [9.17, 15) is 14.7 Å². The number of amides is 1. The number of aromatic carboxylic acids is 1. The molecule has 8 nitrogen and oxygen atoms in total.